The van der Waals surface area contributed by atoms with Crippen molar-refractivity contribution >= 4 is 16.0 Å². The molecule has 0 unspecified atom stereocenters. The Morgan fingerprint density at radius 1 is 1.26 bits per heavy atom. The number of rotatable bonds is 5. The summed E-state index contributed by atoms with van der Waals surface area (Å²) < 4.78 is 25.3. The third-order valence-electron chi connectivity index (χ3n) is 2.05. The van der Waals surface area contributed by atoms with Gasteiger partial charge in [-0.15, -0.1) is 0 Å². The highest BCUT2D eigenvalue weighted by Gasteiger charge is 2.14. The molecule has 3 N–H and O–H groups in total. The monoisotopic (exact) mass is 283 g/mol. The van der Waals surface area contributed by atoms with E-state index in [0.717, 1.165) is 0 Å². The number of aliphatic carboxylic acids is 1. The first-order valence-corrected chi connectivity index (χ1v) is 6.85. The van der Waals surface area contributed by atoms with Crippen LogP contribution < -0.4 is 4.72 Å². The Morgan fingerprint density at radius 2 is 1.89 bits per heavy atom. The second-order valence-electron chi connectivity index (χ2n) is 3.52. The number of hydrogen-bond donors (Lipinski definition) is 3. The third kappa shape index (κ3) is 5.09. The van der Waals surface area contributed by atoms with Crippen LogP contribution in [-0.2, 0) is 14.8 Å². The summed E-state index contributed by atoms with van der Waals surface area (Å²) in [6, 6.07) is 5.71. The van der Waals surface area contributed by atoms with Gasteiger partial charge in [-0.2, -0.15) is 4.72 Å². The maximum atomic E-state index is 11.7. The molecule has 0 fully saturated rings. The SMILES string of the molecule is O=C(O)CNS(=O)(=O)c1ccc(C#CCCO)cc1. The molecule has 0 amide bonds. The summed E-state index contributed by atoms with van der Waals surface area (Å²) >= 11 is 0. The van der Waals surface area contributed by atoms with Crippen molar-refractivity contribution in [1.82, 2.24) is 4.72 Å². The molecular formula is C12H13NO5S. The lowest BCUT2D eigenvalue weighted by Crippen LogP contribution is -2.29. The van der Waals surface area contributed by atoms with Gasteiger partial charge in [0.1, 0.15) is 6.54 Å². The lowest BCUT2D eigenvalue weighted by Gasteiger charge is -2.04. The first kappa shape index (κ1) is 15.2. The number of carboxylic acids is 1. The van der Waals surface area contributed by atoms with Gasteiger partial charge in [0.15, 0.2) is 0 Å². The third-order valence-corrected chi connectivity index (χ3v) is 3.46. The zero-order chi connectivity index (χ0) is 14.3. The summed E-state index contributed by atoms with van der Waals surface area (Å²) in [5, 5.41) is 17.0. The van der Waals surface area contributed by atoms with Crippen molar-refractivity contribution in [2.24, 2.45) is 0 Å². The summed E-state index contributed by atoms with van der Waals surface area (Å²) in [6.07, 6.45) is 0.347. The number of sulfonamides is 1. The molecule has 19 heavy (non-hydrogen) atoms. The van der Waals surface area contributed by atoms with Crippen LogP contribution in [0.15, 0.2) is 29.2 Å². The molecule has 0 radical (unpaired) electrons. The van der Waals surface area contributed by atoms with Crippen molar-refractivity contribution in [3.8, 4) is 11.8 Å². The first-order valence-electron chi connectivity index (χ1n) is 5.37. The van der Waals surface area contributed by atoms with E-state index < -0.39 is 22.5 Å². The van der Waals surface area contributed by atoms with Crippen LogP contribution in [0.25, 0.3) is 0 Å². The predicted molar refractivity (Wildman–Crippen MR) is 67.8 cm³/mol. The summed E-state index contributed by atoms with van der Waals surface area (Å²) in [7, 11) is -3.82. The van der Waals surface area contributed by atoms with E-state index in [4.69, 9.17) is 10.2 Å². The average Bonchev–Trinajstić information content (AvgIpc) is 2.37. The zero-order valence-corrected chi connectivity index (χ0v) is 10.8. The van der Waals surface area contributed by atoms with Crippen molar-refractivity contribution < 1.29 is 23.4 Å². The molecule has 0 saturated carbocycles. The molecular weight excluding hydrogens is 270 g/mol. The van der Waals surface area contributed by atoms with Gasteiger partial charge in [-0.3, -0.25) is 4.79 Å². The second-order valence-corrected chi connectivity index (χ2v) is 5.29. The van der Waals surface area contributed by atoms with E-state index in [2.05, 4.69) is 11.8 Å². The molecule has 0 saturated heterocycles. The van der Waals surface area contributed by atoms with Crippen LogP contribution in [0.5, 0.6) is 0 Å². The minimum atomic E-state index is -3.82. The zero-order valence-electron chi connectivity index (χ0n) is 9.96. The highest BCUT2D eigenvalue weighted by atomic mass is 32.2. The molecule has 1 rings (SSSR count). The van der Waals surface area contributed by atoms with Gasteiger partial charge in [0.05, 0.1) is 11.5 Å². The van der Waals surface area contributed by atoms with Crippen LogP contribution in [0.2, 0.25) is 0 Å². The Kier molecular flexibility index (Phi) is 5.51. The Morgan fingerprint density at radius 3 is 2.42 bits per heavy atom. The van der Waals surface area contributed by atoms with E-state index >= 15 is 0 Å². The van der Waals surface area contributed by atoms with Gasteiger partial charge in [0.25, 0.3) is 0 Å². The quantitative estimate of drug-likeness (QED) is 0.648. The average molecular weight is 283 g/mol. The fourth-order valence-electron chi connectivity index (χ4n) is 1.18. The maximum Gasteiger partial charge on any atom is 0.318 e. The van der Waals surface area contributed by atoms with Gasteiger partial charge in [-0.05, 0) is 24.3 Å². The largest absolute Gasteiger partial charge is 0.480 e. The summed E-state index contributed by atoms with van der Waals surface area (Å²) in [5.74, 6) is 4.21. The van der Waals surface area contributed by atoms with Crippen LogP contribution in [0.1, 0.15) is 12.0 Å². The highest BCUT2D eigenvalue weighted by Crippen LogP contribution is 2.09. The molecule has 1 aromatic rings. The summed E-state index contributed by atoms with van der Waals surface area (Å²) in [5.41, 5.74) is 0.616. The Labute approximate surface area is 111 Å². The molecule has 102 valence electrons. The fraction of sp³-hybridized carbons (Fsp3) is 0.250. The van der Waals surface area contributed by atoms with E-state index in [9.17, 15) is 13.2 Å². The Hall–Kier alpha value is -1.88. The second kappa shape index (κ2) is 6.89. The maximum absolute atomic E-state index is 11.7. The topological polar surface area (TPSA) is 104 Å². The van der Waals surface area contributed by atoms with Crippen molar-refractivity contribution in [2.45, 2.75) is 11.3 Å². The fourth-order valence-corrected chi connectivity index (χ4v) is 2.15. The Balaban J connectivity index is 2.81. The molecule has 6 nitrogen and oxygen atoms in total. The van der Waals surface area contributed by atoms with Crippen molar-refractivity contribution in [3.63, 3.8) is 0 Å². The number of nitrogens with one attached hydrogen (secondary N) is 1. The molecule has 0 spiro atoms. The molecule has 0 atom stereocenters. The summed E-state index contributed by atoms with van der Waals surface area (Å²) in [4.78, 5) is 10.3. The van der Waals surface area contributed by atoms with Gasteiger partial charge in [-0.25, -0.2) is 8.42 Å². The van der Waals surface area contributed by atoms with Gasteiger partial charge in [0.2, 0.25) is 10.0 Å². The molecule has 0 aliphatic rings. The molecule has 1 aromatic carbocycles. The van der Waals surface area contributed by atoms with Gasteiger partial charge >= 0.3 is 5.97 Å². The van der Waals surface area contributed by atoms with Crippen molar-refractivity contribution in [3.05, 3.63) is 29.8 Å². The van der Waals surface area contributed by atoms with Gasteiger partial charge < -0.3 is 10.2 Å². The number of benzene rings is 1. The van der Waals surface area contributed by atoms with Crippen LogP contribution in [0.4, 0.5) is 0 Å². The normalized spacial score (nSPS) is 10.6. The number of aliphatic hydroxyl groups is 1. The molecule has 0 aromatic heterocycles. The number of carbonyl (C=O) groups is 1. The summed E-state index contributed by atoms with van der Waals surface area (Å²) in [6.45, 7) is -0.695. The minimum Gasteiger partial charge on any atom is -0.480 e. The molecule has 0 aliphatic carbocycles. The first-order chi connectivity index (χ1) is 8.95. The Bertz CT molecular complexity index is 595. The number of carboxylic acid groups (broad SMARTS) is 1. The lowest BCUT2D eigenvalue weighted by atomic mass is 10.2. The van der Waals surface area contributed by atoms with Gasteiger partial charge in [-0.1, -0.05) is 11.8 Å². The van der Waals surface area contributed by atoms with Gasteiger partial charge in [0, 0.05) is 12.0 Å². The van der Waals surface area contributed by atoms with Crippen molar-refractivity contribution in [2.75, 3.05) is 13.2 Å². The van der Waals surface area contributed by atoms with Crippen LogP contribution >= 0.6 is 0 Å². The van der Waals surface area contributed by atoms with Crippen LogP contribution in [-0.4, -0.2) is 37.8 Å². The standard InChI is InChI=1S/C12H13NO5S/c14-8-2-1-3-10-4-6-11(7-5-10)19(17,18)13-9-12(15)16/h4-7,13-14H,2,8-9H2,(H,15,16). The van der Waals surface area contributed by atoms with Crippen LogP contribution in [0.3, 0.4) is 0 Å². The molecule has 0 aliphatic heterocycles. The van der Waals surface area contributed by atoms with Crippen LogP contribution in [0, 0.1) is 11.8 Å². The van der Waals surface area contributed by atoms with E-state index in [1.165, 1.54) is 24.3 Å². The number of hydrogen-bond acceptors (Lipinski definition) is 4. The molecule has 0 heterocycles. The minimum absolute atomic E-state index is 0.0264. The van der Waals surface area contributed by atoms with Crippen molar-refractivity contribution in [1.29, 1.82) is 0 Å². The van der Waals surface area contributed by atoms with E-state index in [-0.39, 0.29) is 11.5 Å². The predicted octanol–water partition coefficient (Wildman–Crippen LogP) is -0.217. The molecule has 7 heteroatoms. The molecule has 0 bridgehead atoms. The smallest absolute Gasteiger partial charge is 0.318 e. The van der Waals surface area contributed by atoms with E-state index in [1.807, 2.05) is 4.72 Å². The lowest BCUT2D eigenvalue weighted by molar-refractivity contribution is -0.135. The number of aliphatic hydroxyl groups excluding tert-OH is 1. The highest BCUT2D eigenvalue weighted by molar-refractivity contribution is 7.89. The van der Waals surface area contributed by atoms with E-state index in [1.54, 1.807) is 0 Å². The van der Waals surface area contributed by atoms with E-state index in [0.29, 0.717) is 12.0 Å².